The van der Waals surface area contributed by atoms with E-state index < -0.39 is 0 Å². The summed E-state index contributed by atoms with van der Waals surface area (Å²) < 4.78 is 4.80. The Bertz CT molecular complexity index is 3530. The van der Waals surface area contributed by atoms with Crippen LogP contribution < -0.4 is 0 Å². The maximum Gasteiger partial charge on any atom is 0.164 e. The highest BCUT2D eigenvalue weighted by Gasteiger charge is 2.19. The summed E-state index contributed by atoms with van der Waals surface area (Å²) in [5.74, 6) is 1.92. The minimum atomic E-state index is 0.629. The van der Waals surface area contributed by atoms with Gasteiger partial charge in [0.05, 0.1) is 21.4 Å². The molecule has 0 bridgehead atoms. The molecule has 4 heterocycles. The van der Waals surface area contributed by atoms with Crippen molar-refractivity contribution in [3.63, 3.8) is 0 Å². The van der Waals surface area contributed by atoms with Crippen molar-refractivity contribution in [2.24, 2.45) is 0 Å². The summed E-state index contributed by atoms with van der Waals surface area (Å²) in [4.78, 5) is 20.4. The van der Waals surface area contributed by atoms with Crippen LogP contribution in [0.25, 0.3) is 115 Å². The van der Waals surface area contributed by atoms with Crippen LogP contribution in [0.2, 0.25) is 0 Å². The molecule has 12 aromatic rings. The molecule has 5 nitrogen and oxygen atoms in total. The SMILES string of the molecule is c1ccc(-c2nc(-c3ccc(-c4cc5c6ccccc6sc5c5nc6cc7cc8ccccc8cc7cc6n45)cc3)nc(-c3ccc4ccccc4c3)n2)cc1. The fourth-order valence-electron chi connectivity index (χ4n) is 8.17. The van der Waals surface area contributed by atoms with Gasteiger partial charge >= 0.3 is 0 Å². The second kappa shape index (κ2) is 12.1. The van der Waals surface area contributed by atoms with Crippen molar-refractivity contribution in [3.8, 4) is 45.4 Å². The van der Waals surface area contributed by atoms with Crippen LogP contribution in [0.1, 0.15) is 0 Å². The second-order valence-electron chi connectivity index (χ2n) is 14.3. The molecule has 56 heavy (non-hydrogen) atoms. The molecule has 0 amide bonds. The van der Waals surface area contributed by atoms with Crippen molar-refractivity contribution in [3.05, 3.63) is 176 Å². The normalized spacial score (nSPS) is 11.9. The Kier molecular flexibility index (Phi) is 6.73. The number of pyridine rings is 1. The van der Waals surface area contributed by atoms with Gasteiger partial charge in [-0.25, -0.2) is 19.9 Å². The molecule has 0 fully saturated rings. The number of thiophene rings is 1. The Hall–Kier alpha value is -7.28. The highest BCUT2D eigenvalue weighted by molar-refractivity contribution is 7.26. The van der Waals surface area contributed by atoms with Crippen molar-refractivity contribution in [1.29, 1.82) is 0 Å². The number of imidazole rings is 1. The standard InChI is InChI=1S/C50H29N5S/c1-2-11-32(12-3-1)47-52-48(54-49(53-47)37-23-18-30-10-4-5-13-34(30)24-37)33-21-19-31(20-22-33)43-29-41-40-16-8-9-17-45(40)56-46(41)50-51-42-27-38-25-35-14-6-7-15-36(35)26-39(38)28-44(42)55(43)50/h1-29H. The number of rotatable bonds is 4. The number of benzene rings is 8. The summed E-state index contributed by atoms with van der Waals surface area (Å²) >= 11 is 1.81. The average Bonchev–Trinajstić information content (AvgIpc) is 3.83. The minimum absolute atomic E-state index is 0.629. The second-order valence-corrected chi connectivity index (χ2v) is 15.4. The van der Waals surface area contributed by atoms with Crippen molar-refractivity contribution in [2.45, 2.75) is 0 Å². The summed E-state index contributed by atoms with van der Waals surface area (Å²) in [7, 11) is 0. The smallest absolute Gasteiger partial charge is 0.164 e. The van der Waals surface area contributed by atoms with Gasteiger partial charge in [-0.3, -0.25) is 4.40 Å². The fraction of sp³-hybridized carbons (Fsp3) is 0. The van der Waals surface area contributed by atoms with Gasteiger partial charge in [0.15, 0.2) is 23.1 Å². The first-order chi connectivity index (χ1) is 27.7. The predicted molar refractivity (Wildman–Crippen MR) is 233 cm³/mol. The van der Waals surface area contributed by atoms with Crippen LogP contribution in [0.3, 0.4) is 0 Å². The molecule has 4 aromatic heterocycles. The average molecular weight is 732 g/mol. The highest BCUT2D eigenvalue weighted by atomic mass is 32.1. The number of nitrogens with zero attached hydrogens (tertiary/aromatic N) is 5. The van der Waals surface area contributed by atoms with Gasteiger partial charge in [-0.15, -0.1) is 11.3 Å². The molecule has 0 aliphatic heterocycles. The van der Waals surface area contributed by atoms with Gasteiger partial charge in [-0.1, -0.05) is 133 Å². The van der Waals surface area contributed by atoms with Gasteiger partial charge in [0, 0.05) is 32.2 Å². The first-order valence-corrected chi connectivity index (χ1v) is 19.5. The third-order valence-corrected chi connectivity index (χ3v) is 12.1. The maximum atomic E-state index is 5.36. The Labute approximate surface area is 324 Å². The summed E-state index contributed by atoms with van der Waals surface area (Å²) in [6.45, 7) is 0. The highest BCUT2D eigenvalue weighted by Crippen LogP contribution is 2.41. The molecule has 0 aliphatic carbocycles. The molecule has 0 atom stereocenters. The molecule has 0 N–H and O–H groups in total. The van der Waals surface area contributed by atoms with Crippen LogP contribution in [0.15, 0.2) is 176 Å². The molecule has 0 radical (unpaired) electrons. The lowest BCUT2D eigenvalue weighted by molar-refractivity contribution is 1.07. The monoisotopic (exact) mass is 731 g/mol. The Morgan fingerprint density at radius 2 is 0.946 bits per heavy atom. The Morgan fingerprint density at radius 1 is 0.375 bits per heavy atom. The van der Waals surface area contributed by atoms with Gasteiger partial charge in [-0.2, -0.15) is 0 Å². The first-order valence-electron chi connectivity index (χ1n) is 18.7. The Balaban J connectivity index is 1.05. The quantitative estimate of drug-likeness (QED) is 0.169. The van der Waals surface area contributed by atoms with Crippen molar-refractivity contribution in [2.75, 3.05) is 0 Å². The third-order valence-electron chi connectivity index (χ3n) is 11.0. The van der Waals surface area contributed by atoms with E-state index in [1.54, 1.807) is 0 Å². The zero-order chi connectivity index (χ0) is 36.7. The largest absolute Gasteiger partial charge is 0.291 e. The van der Waals surface area contributed by atoms with E-state index >= 15 is 0 Å². The van der Waals surface area contributed by atoms with Crippen LogP contribution in [-0.2, 0) is 0 Å². The number of aromatic nitrogens is 5. The lowest BCUT2D eigenvalue weighted by atomic mass is 10.0. The lowest BCUT2D eigenvalue weighted by Crippen LogP contribution is -2.00. The van der Waals surface area contributed by atoms with Crippen molar-refractivity contribution in [1.82, 2.24) is 24.3 Å². The number of hydrogen-bond acceptors (Lipinski definition) is 5. The summed E-state index contributed by atoms with van der Waals surface area (Å²) in [6, 6.07) is 62.2. The summed E-state index contributed by atoms with van der Waals surface area (Å²) in [5, 5.41) is 9.63. The van der Waals surface area contributed by atoms with Crippen molar-refractivity contribution < 1.29 is 0 Å². The zero-order valence-corrected chi connectivity index (χ0v) is 30.7. The fourth-order valence-corrected chi connectivity index (χ4v) is 9.33. The predicted octanol–water partition coefficient (Wildman–Crippen LogP) is 13.2. The summed E-state index contributed by atoms with van der Waals surface area (Å²) in [6.07, 6.45) is 0. The van der Waals surface area contributed by atoms with Crippen LogP contribution in [0, 0.1) is 0 Å². The van der Waals surface area contributed by atoms with Gasteiger partial charge < -0.3 is 0 Å². The van der Waals surface area contributed by atoms with E-state index in [1.807, 2.05) is 41.7 Å². The molecule has 0 spiro atoms. The van der Waals surface area contributed by atoms with E-state index in [4.69, 9.17) is 19.9 Å². The molecule has 0 saturated heterocycles. The van der Waals surface area contributed by atoms with E-state index in [0.717, 1.165) is 50.0 Å². The molecule has 8 aromatic carbocycles. The molecule has 0 unspecified atom stereocenters. The van der Waals surface area contributed by atoms with Crippen LogP contribution in [0.5, 0.6) is 0 Å². The van der Waals surface area contributed by atoms with Crippen molar-refractivity contribution >= 4 is 80.5 Å². The number of hydrogen-bond donors (Lipinski definition) is 0. The van der Waals surface area contributed by atoms with E-state index in [9.17, 15) is 0 Å². The van der Waals surface area contributed by atoms with E-state index in [2.05, 4.69) is 150 Å². The minimum Gasteiger partial charge on any atom is -0.291 e. The molecule has 6 heteroatoms. The van der Waals surface area contributed by atoms with Crippen LogP contribution >= 0.6 is 11.3 Å². The van der Waals surface area contributed by atoms with Gasteiger partial charge in [-0.05, 0) is 80.3 Å². The van der Waals surface area contributed by atoms with Gasteiger partial charge in [0.2, 0.25) is 0 Å². The van der Waals surface area contributed by atoms with Gasteiger partial charge in [0.1, 0.15) is 0 Å². The van der Waals surface area contributed by atoms with Crippen LogP contribution in [-0.4, -0.2) is 24.3 Å². The molecule has 260 valence electrons. The maximum absolute atomic E-state index is 5.36. The van der Waals surface area contributed by atoms with Gasteiger partial charge in [0.25, 0.3) is 0 Å². The molecule has 12 rings (SSSR count). The first kappa shape index (κ1) is 31.1. The Morgan fingerprint density at radius 3 is 1.70 bits per heavy atom. The zero-order valence-electron chi connectivity index (χ0n) is 29.9. The molecular weight excluding hydrogens is 703 g/mol. The molecule has 0 saturated carbocycles. The lowest BCUT2D eigenvalue weighted by Gasteiger charge is -2.11. The van der Waals surface area contributed by atoms with E-state index in [-0.39, 0.29) is 0 Å². The summed E-state index contributed by atoms with van der Waals surface area (Å²) in [5.41, 5.74) is 8.03. The molecule has 0 aliphatic rings. The van der Waals surface area contributed by atoms with E-state index in [1.165, 1.54) is 47.1 Å². The topological polar surface area (TPSA) is 56.0 Å². The third kappa shape index (κ3) is 4.93. The number of fused-ring (bicyclic) bond motifs is 10. The van der Waals surface area contributed by atoms with E-state index in [0.29, 0.717) is 17.5 Å². The molecular formula is C50H29N5S. The van der Waals surface area contributed by atoms with Crippen LogP contribution in [0.4, 0.5) is 0 Å².